The molecular formula is C11H15NO. The lowest BCUT2D eigenvalue weighted by Crippen LogP contribution is -2.28. The van der Waals surface area contributed by atoms with Gasteiger partial charge in [-0.15, -0.1) is 0 Å². The second kappa shape index (κ2) is 3.79. The van der Waals surface area contributed by atoms with Crippen LogP contribution < -0.4 is 5.32 Å². The van der Waals surface area contributed by atoms with E-state index in [0.29, 0.717) is 12.1 Å². The van der Waals surface area contributed by atoms with Crippen LogP contribution in [0.15, 0.2) is 35.2 Å². The predicted octanol–water partition coefficient (Wildman–Crippen LogP) is 2.65. The fraction of sp³-hybridized carbons (Fsp3) is 0.455. The van der Waals surface area contributed by atoms with E-state index in [0.717, 1.165) is 12.8 Å². The Bertz CT molecular complexity index is 268. The summed E-state index contributed by atoms with van der Waals surface area (Å²) >= 11 is 0. The van der Waals surface area contributed by atoms with Gasteiger partial charge in [0.25, 0.3) is 0 Å². The van der Waals surface area contributed by atoms with E-state index in [9.17, 15) is 0 Å². The summed E-state index contributed by atoms with van der Waals surface area (Å²) in [5, 5.41) is 3.56. The second-order valence-corrected chi connectivity index (χ2v) is 3.58. The summed E-state index contributed by atoms with van der Waals surface area (Å²) in [5.74, 6) is 0. The molecule has 0 fully saturated rings. The number of nitrogens with one attached hydrogen (secondary N) is 1. The summed E-state index contributed by atoms with van der Waals surface area (Å²) in [6.45, 7) is 2.17. The summed E-state index contributed by atoms with van der Waals surface area (Å²) in [6, 6.07) is 3.02. The summed E-state index contributed by atoms with van der Waals surface area (Å²) in [5.41, 5.74) is 1.23. The van der Waals surface area contributed by atoms with E-state index in [1.54, 1.807) is 12.5 Å². The van der Waals surface area contributed by atoms with Crippen LogP contribution in [-0.2, 0) is 0 Å². The maximum atomic E-state index is 5.04. The zero-order chi connectivity index (χ0) is 9.10. The number of hydrogen-bond donors (Lipinski definition) is 1. The zero-order valence-electron chi connectivity index (χ0n) is 7.86. The number of furan rings is 1. The van der Waals surface area contributed by atoms with E-state index in [4.69, 9.17) is 4.42 Å². The van der Waals surface area contributed by atoms with Crippen LogP contribution in [0.1, 0.15) is 31.4 Å². The molecule has 2 rings (SSSR count). The molecule has 0 saturated carbocycles. The molecule has 1 aliphatic rings. The molecule has 1 aromatic heterocycles. The topological polar surface area (TPSA) is 25.2 Å². The van der Waals surface area contributed by atoms with Crippen molar-refractivity contribution in [3.8, 4) is 0 Å². The molecule has 70 valence electrons. The van der Waals surface area contributed by atoms with E-state index in [1.807, 2.05) is 6.07 Å². The van der Waals surface area contributed by atoms with Crippen LogP contribution >= 0.6 is 0 Å². The molecule has 1 atom stereocenters. The Morgan fingerprint density at radius 1 is 1.46 bits per heavy atom. The minimum Gasteiger partial charge on any atom is -0.472 e. The normalized spacial score (nSPS) is 19.5. The van der Waals surface area contributed by atoms with Gasteiger partial charge in [-0.05, 0) is 25.8 Å². The minimum atomic E-state index is 0.392. The molecule has 0 radical (unpaired) electrons. The molecule has 1 heterocycles. The van der Waals surface area contributed by atoms with Gasteiger partial charge in [0.05, 0.1) is 12.5 Å². The molecule has 1 aliphatic carbocycles. The highest BCUT2D eigenvalue weighted by atomic mass is 16.3. The minimum absolute atomic E-state index is 0.392. The smallest absolute Gasteiger partial charge is 0.0950 e. The summed E-state index contributed by atoms with van der Waals surface area (Å²) < 4.78 is 5.04. The van der Waals surface area contributed by atoms with E-state index in [1.165, 1.54) is 5.56 Å². The lowest BCUT2D eigenvalue weighted by Gasteiger charge is -2.17. The Hall–Kier alpha value is -1.02. The van der Waals surface area contributed by atoms with Crippen LogP contribution in [0.5, 0.6) is 0 Å². The largest absolute Gasteiger partial charge is 0.472 e. The van der Waals surface area contributed by atoms with E-state index in [-0.39, 0.29) is 0 Å². The first-order valence-corrected chi connectivity index (χ1v) is 4.79. The summed E-state index contributed by atoms with van der Waals surface area (Å²) in [4.78, 5) is 0. The molecule has 1 aromatic rings. The quantitative estimate of drug-likeness (QED) is 0.718. The molecule has 1 N–H and O–H groups in total. The molecule has 0 aliphatic heterocycles. The average Bonchev–Trinajstić information content (AvgIpc) is 2.74. The van der Waals surface area contributed by atoms with Gasteiger partial charge in [0, 0.05) is 17.6 Å². The van der Waals surface area contributed by atoms with Gasteiger partial charge in [-0.2, -0.15) is 0 Å². The van der Waals surface area contributed by atoms with Crippen LogP contribution in [0.4, 0.5) is 0 Å². The van der Waals surface area contributed by atoms with Crippen molar-refractivity contribution in [2.75, 3.05) is 0 Å². The fourth-order valence-electron chi connectivity index (χ4n) is 1.72. The van der Waals surface area contributed by atoms with Crippen LogP contribution in [-0.4, -0.2) is 6.04 Å². The molecule has 0 bridgehead atoms. The Morgan fingerprint density at radius 3 is 2.85 bits per heavy atom. The van der Waals surface area contributed by atoms with Gasteiger partial charge in [-0.25, -0.2) is 0 Å². The third kappa shape index (κ3) is 2.01. The fourth-order valence-corrected chi connectivity index (χ4v) is 1.72. The van der Waals surface area contributed by atoms with Crippen LogP contribution in [0.25, 0.3) is 0 Å². The highest BCUT2D eigenvalue weighted by Crippen LogP contribution is 2.17. The molecule has 2 nitrogen and oxygen atoms in total. The van der Waals surface area contributed by atoms with Crippen molar-refractivity contribution in [3.63, 3.8) is 0 Å². The molecule has 0 saturated heterocycles. The van der Waals surface area contributed by atoms with E-state index < -0.39 is 0 Å². The first-order chi connectivity index (χ1) is 6.36. The Labute approximate surface area is 78.6 Å². The van der Waals surface area contributed by atoms with Crippen molar-refractivity contribution in [2.24, 2.45) is 0 Å². The maximum Gasteiger partial charge on any atom is 0.0950 e. The highest BCUT2D eigenvalue weighted by Gasteiger charge is 2.14. The maximum absolute atomic E-state index is 5.04. The van der Waals surface area contributed by atoms with Gasteiger partial charge < -0.3 is 9.73 Å². The number of hydrogen-bond acceptors (Lipinski definition) is 2. The standard InChI is InChI=1S/C11H15NO/c1-9(10-6-7-13-8-10)12-11-4-2-3-5-11/h2-3,6-9,11-12H,4-5H2,1H3. The summed E-state index contributed by atoms with van der Waals surface area (Å²) in [7, 11) is 0. The van der Waals surface area contributed by atoms with Crippen molar-refractivity contribution < 1.29 is 4.42 Å². The highest BCUT2D eigenvalue weighted by molar-refractivity contribution is 5.11. The van der Waals surface area contributed by atoms with Gasteiger partial charge in [-0.3, -0.25) is 0 Å². The van der Waals surface area contributed by atoms with Gasteiger partial charge in [0.15, 0.2) is 0 Å². The molecule has 2 heteroatoms. The zero-order valence-corrected chi connectivity index (χ0v) is 7.86. The Balaban J connectivity index is 1.88. The molecule has 1 unspecified atom stereocenters. The number of rotatable bonds is 3. The third-order valence-corrected chi connectivity index (χ3v) is 2.54. The molecule has 0 amide bonds. The van der Waals surface area contributed by atoms with E-state index >= 15 is 0 Å². The molecular weight excluding hydrogens is 162 g/mol. The van der Waals surface area contributed by atoms with Crippen LogP contribution in [0.3, 0.4) is 0 Å². The Kier molecular flexibility index (Phi) is 2.50. The van der Waals surface area contributed by atoms with Gasteiger partial charge >= 0.3 is 0 Å². The van der Waals surface area contributed by atoms with Crippen molar-refractivity contribution in [1.82, 2.24) is 5.32 Å². The Morgan fingerprint density at radius 2 is 2.23 bits per heavy atom. The van der Waals surface area contributed by atoms with E-state index in [2.05, 4.69) is 24.4 Å². The average molecular weight is 177 g/mol. The first kappa shape index (κ1) is 8.57. The van der Waals surface area contributed by atoms with Crippen molar-refractivity contribution in [1.29, 1.82) is 0 Å². The lowest BCUT2D eigenvalue weighted by atomic mass is 10.1. The van der Waals surface area contributed by atoms with Crippen molar-refractivity contribution in [3.05, 3.63) is 36.3 Å². The summed E-state index contributed by atoms with van der Waals surface area (Å²) in [6.07, 6.45) is 10.3. The van der Waals surface area contributed by atoms with Gasteiger partial charge in [-0.1, -0.05) is 12.2 Å². The SMILES string of the molecule is CC(NC1CC=CC1)c1ccoc1. The van der Waals surface area contributed by atoms with Crippen LogP contribution in [0, 0.1) is 0 Å². The lowest BCUT2D eigenvalue weighted by molar-refractivity contribution is 0.466. The molecule has 0 aromatic carbocycles. The molecule has 0 spiro atoms. The second-order valence-electron chi connectivity index (χ2n) is 3.58. The molecule has 13 heavy (non-hydrogen) atoms. The van der Waals surface area contributed by atoms with Crippen molar-refractivity contribution >= 4 is 0 Å². The van der Waals surface area contributed by atoms with Crippen molar-refractivity contribution in [2.45, 2.75) is 31.8 Å². The first-order valence-electron chi connectivity index (χ1n) is 4.79. The van der Waals surface area contributed by atoms with Gasteiger partial charge in [0.1, 0.15) is 0 Å². The monoisotopic (exact) mass is 177 g/mol. The van der Waals surface area contributed by atoms with Crippen LogP contribution in [0.2, 0.25) is 0 Å². The van der Waals surface area contributed by atoms with Gasteiger partial charge in [0.2, 0.25) is 0 Å². The third-order valence-electron chi connectivity index (χ3n) is 2.54. The predicted molar refractivity (Wildman–Crippen MR) is 52.4 cm³/mol.